The van der Waals surface area contributed by atoms with Crippen molar-refractivity contribution < 1.29 is 14.3 Å². The molecule has 6 heteroatoms. The SMILES string of the molecule is COCCOC(=O)/C(C#N)=C/c1ccc(Br)s1. The third kappa shape index (κ3) is 4.69. The molecule has 1 aromatic heterocycles. The quantitative estimate of drug-likeness (QED) is 0.363. The predicted molar refractivity (Wildman–Crippen MR) is 68.4 cm³/mol. The first-order chi connectivity index (χ1) is 8.17. The lowest BCUT2D eigenvalue weighted by Gasteiger charge is -2.01. The third-order valence-electron chi connectivity index (χ3n) is 1.74. The van der Waals surface area contributed by atoms with Gasteiger partial charge in [0.25, 0.3) is 0 Å². The molecule has 1 rings (SSSR count). The molecule has 0 saturated carbocycles. The molecule has 0 atom stereocenters. The van der Waals surface area contributed by atoms with E-state index >= 15 is 0 Å². The lowest BCUT2D eigenvalue weighted by atomic mass is 10.2. The van der Waals surface area contributed by atoms with Crippen LogP contribution in [-0.4, -0.2) is 26.3 Å². The Morgan fingerprint density at radius 1 is 1.59 bits per heavy atom. The van der Waals surface area contributed by atoms with Gasteiger partial charge in [-0.3, -0.25) is 0 Å². The summed E-state index contributed by atoms with van der Waals surface area (Å²) in [5, 5.41) is 8.86. The Morgan fingerprint density at radius 2 is 2.35 bits per heavy atom. The van der Waals surface area contributed by atoms with Crippen molar-refractivity contribution in [3.05, 3.63) is 26.4 Å². The van der Waals surface area contributed by atoms with Crippen LogP contribution in [0.25, 0.3) is 6.08 Å². The summed E-state index contributed by atoms with van der Waals surface area (Å²) in [6, 6.07) is 5.49. The monoisotopic (exact) mass is 315 g/mol. The van der Waals surface area contributed by atoms with Crippen LogP contribution >= 0.6 is 27.3 Å². The van der Waals surface area contributed by atoms with Gasteiger partial charge in [0.1, 0.15) is 18.2 Å². The summed E-state index contributed by atoms with van der Waals surface area (Å²) in [4.78, 5) is 12.3. The number of ether oxygens (including phenoxy) is 2. The Kier molecular flexibility index (Phi) is 5.91. The molecular weight excluding hydrogens is 306 g/mol. The molecule has 90 valence electrons. The largest absolute Gasteiger partial charge is 0.459 e. The van der Waals surface area contributed by atoms with Crippen molar-refractivity contribution in [2.24, 2.45) is 0 Å². The van der Waals surface area contributed by atoms with Crippen molar-refractivity contribution >= 4 is 39.3 Å². The molecule has 1 heterocycles. The topological polar surface area (TPSA) is 59.3 Å². The second-order valence-corrected chi connectivity index (χ2v) is 5.44. The second kappa shape index (κ2) is 7.22. The first-order valence-corrected chi connectivity index (χ1v) is 6.31. The molecule has 0 aliphatic rings. The van der Waals surface area contributed by atoms with Crippen LogP contribution in [0.5, 0.6) is 0 Å². The van der Waals surface area contributed by atoms with Crippen LogP contribution < -0.4 is 0 Å². The summed E-state index contributed by atoms with van der Waals surface area (Å²) in [6.07, 6.45) is 1.50. The van der Waals surface area contributed by atoms with E-state index in [4.69, 9.17) is 14.7 Å². The second-order valence-electron chi connectivity index (χ2n) is 2.94. The fraction of sp³-hybridized carbons (Fsp3) is 0.273. The number of esters is 1. The Bertz CT molecular complexity index is 462. The Labute approximate surface area is 112 Å². The maximum absolute atomic E-state index is 11.5. The number of carbonyl (C=O) groups is 1. The van der Waals surface area contributed by atoms with Gasteiger partial charge in [-0.1, -0.05) is 0 Å². The highest BCUT2D eigenvalue weighted by molar-refractivity contribution is 9.11. The van der Waals surface area contributed by atoms with Gasteiger partial charge < -0.3 is 9.47 Å². The van der Waals surface area contributed by atoms with Gasteiger partial charge in [0.15, 0.2) is 0 Å². The van der Waals surface area contributed by atoms with Gasteiger partial charge in [-0.15, -0.1) is 11.3 Å². The average Bonchev–Trinajstić information content (AvgIpc) is 2.72. The van der Waals surface area contributed by atoms with Crippen LogP contribution in [0.3, 0.4) is 0 Å². The van der Waals surface area contributed by atoms with Gasteiger partial charge in [-0.05, 0) is 34.1 Å². The molecular formula is C11H10BrNO3S. The molecule has 1 aromatic rings. The Balaban J connectivity index is 2.68. The van der Waals surface area contributed by atoms with Gasteiger partial charge in [-0.2, -0.15) is 5.26 Å². The molecule has 0 N–H and O–H groups in total. The first-order valence-electron chi connectivity index (χ1n) is 4.70. The predicted octanol–water partition coefficient (Wildman–Crippen LogP) is 2.61. The number of carbonyl (C=O) groups excluding carboxylic acids is 1. The highest BCUT2D eigenvalue weighted by Crippen LogP contribution is 2.24. The molecule has 17 heavy (non-hydrogen) atoms. The normalized spacial score (nSPS) is 11.0. The van der Waals surface area contributed by atoms with E-state index < -0.39 is 5.97 Å². The molecule has 0 amide bonds. The van der Waals surface area contributed by atoms with E-state index in [1.165, 1.54) is 24.5 Å². The minimum absolute atomic E-state index is 0.0181. The summed E-state index contributed by atoms with van der Waals surface area (Å²) < 4.78 is 10.5. The van der Waals surface area contributed by atoms with Crippen LogP contribution in [0.2, 0.25) is 0 Å². The minimum Gasteiger partial charge on any atom is -0.459 e. The van der Waals surface area contributed by atoms with E-state index in [-0.39, 0.29) is 12.2 Å². The van der Waals surface area contributed by atoms with Crippen molar-refractivity contribution in [2.45, 2.75) is 0 Å². The summed E-state index contributed by atoms with van der Waals surface area (Å²) in [5.74, 6) is -0.630. The zero-order chi connectivity index (χ0) is 12.7. The zero-order valence-electron chi connectivity index (χ0n) is 9.10. The van der Waals surface area contributed by atoms with Gasteiger partial charge in [0.2, 0.25) is 0 Å². The van der Waals surface area contributed by atoms with Crippen molar-refractivity contribution in [1.29, 1.82) is 5.26 Å². The lowest BCUT2D eigenvalue weighted by molar-refractivity contribution is -0.139. The number of nitrogens with zero attached hydrogens (tertiary/aromatic N) is 1. The minimum atomic E-state index is -0.630. The maximum atomic E-state index is 11.5. The van der Waals surface area contributed by atoms with Crippen LogP contribution in [0, 0.1) is 11.3 Å². The van der Waals surface area contributed by atoms with Crippen LogP contribution in [0.15, 0.2) is 21.5 Å². The number of thiophene rings is 1. The smallest absolute Gasteiger partial charge is 0.349 e. The molecule has 0 radical (unpaired) electrons. The fourth-order valence-corrected chi connectivity index (χ4v) is 2.35. The zero-order valence-corrected chi connectivity index (χ0v) is 11.5. The molecule has 0 aromatic carbocycles. The summed E-state index contributed by atoms with van der Waals surface area (Å²) in [6.45, 7) is 0.456. The number of rotatable bonds is 5. The number of hydrogen-bond acceptors (Lipinski definition) is 5. The van der Waals surface area contributed by atoms with Crippen molar-refractivity contribution in [1.82, 2.24) is 0 Å². The molecule has 0 aliphatic heterocycles. The van der Waals surface area contributed by atoms with E-state index in [2.05, 4.69) is 15.9 Å². The van der Waals surface area contributed by atoms with Gasteiger partial charge in [0.05, 0.1) is 10.4 Å². The van der Waals surface area contributed by atoms with Crippen LogP contribution in [0.4, 0.5) is 0 Å². The fourth-order valence-electron chi connectivity index (χ4n) is 0.980. The standard InChI is InChI=1S/C11H10BrNO3S/c1-15-4-5-16-11(14)8(7-13)6-9-2-3-10(12)17-9/h2-3,6H,4-5H2,1H3/b8-6+. The highest BCUT2D eigenvalue weighted by atomic mass is 79.9. The van der Waals surface area contributed by atoms with Gasteiger partial charge in [-0.25, -0.2) is 4.79 Å². The number of halogens is 1. The Hall–Kier alpha value is -1.16. The molecule has 0 saturated heterocycles. The van der Waals surface area contributed by atoms with Crippen molar-refractivity contribution in [3.63, 3.8) is 0 Å². The molecule has 0 aliphatic carbocycles. The third-order valence-corrected chi connectivity index (χ3v) is 3.31. The number of methoxy groups -OCH3 is 1. The maximum Gasteiger partial charge on any atom is 0.349 e. The lowest BCUT2D eigenvalue weighted by Crippen LogP contribution is -2.10. The summed E-state index contributed by atoms with van der Waals surface area (Å²) in [7, 11) is 1.51. The highest BCUT2D eigenvalue weighted by Gasteiger charge is 2.10. The summed E-state index contributed by atoms with van der Waals surface area (Å²) >= 11 is 4.74. The molecule has 0 bridgehead atoms. The average molecular weight is 316 g/mol. The van der Waals surface area contributed by atoms with E-state index in [1.807, 2.05) is 18.2 Å². The van der Waals surface area contributed by atoms with Crippen molar-refractivity contribution in [3.8, 4) is 6.07 Å². The van der Waals surface area contributed by atoms with Gasteiger partial charge >= 0.3 is 5.97 Å². The van der Waals surface area contributed by atoms with E-state index in [0.29, 0.717) is 6.61 Å². The van der Waals surface area contributed by atoms with E-state index in [0.717, 1.165) is 8.66 Å². The molecule has 0 spiro atoms. The van der Waals surface area contributed by atoms with Crippen LogP contribution in [0.1, 0.15) is 4.88 Å². The van der Waals surface area contributed by atoms with E-state index in [9.17, 15) is 4.79 Å². The molecule has 0 unspecified atom stereocenters. The number of hydrogen-bond donors (Lipinski definition) is 0. The van der Waals surface area contributed by atoms with E-state index in [1.54, 1.807) is 0 Å². The first kappa shape index (κ1) is 13.9. The van der Waals surface area contributed by atoms with Crippen LogP contribution in [-0.2, 0) is 14.3 Å². The summed E-state index contributed by atoms with van der Waals surface area (Å²) in [5.41, 5.74) is -0.0181. The van der Waals surface area contributed by atoms with Crippen molar-refractivity contribution in [2.75, 3.05) is 20.3 Å². The molecule has 0 fully saturated rings. The van der Waals surface area contributed by atoms with Gasteiger partial charge in [0, 0.05) is 12.0 Å². The Morgan fingerprint density at radius 3 is 2.88 bits per heavy atom. The molecule has 4 nitrogen and oxygen atoms in total. The number of nitriles is 1.